The average molecular weight is 745 g/mol. The normalized spacial score (nSPS) is 11.9. The van der Waals surface area contributed by atoms with Gasteiger partial charge >= 0.3 is 165 Å². The van der Waals surface area contributed by atoms with Crippen LogP contribution >= 0.6 is 0 Å². The van der Waals surface area contributed by atoms with Crippen molar-refractivity contribution in [2.75, 3.05) is 0 Å². The minimum absolute atomic E-state index is 0.175. The number of nitrogens with two attached hydrogens (primary N) is 1. The summed E-state index contributed by atoms with van der Waals surface area (Å²) in [5, 5.41) is 1.23. The topological polar surface area (TPSA) is 51.8 Å². The van der Waals surface area contributed by atoms with Gasteiger partial charge in [-0.25, -0.2) is 0 Å². The van der Waals surface area contributed by atoms with E-state index in [2.05, 4.69) is 53.0 Å². The fourth-order valence-corrected chi connectivity index (χ4v) is 40.7. The molecule has 116 valence electrons. The van der Waals surface area contributed by atoms with Gasteiger partial charge in [0.05, 0.1) is 0 Å². The number of hydrogen-bond donors (Lipinski definition) is 1. The molecule has 3 aromatic rings. The van der Waals surface area contributed by atoms with Gasteiger partial charge in [0.2, 0.25) is 0 Å². The van der Waals surface area contributed by atoms with Crippen LogP contribution in [0, 0.1) is 26.5 Å². The third-order valence-corrected chi connectivity index (χ3v) is 42.7. The zero-order valence-corrected chi connectivity index (χ0v) is 21.3. The fraction of sp³-hybridized carbons (Fsp3) is 0.0556. The Kier molecular flexibility index (Phi) is 5.65. The Hall–Kier alpha value is -0.325. The first-order chi connectivity index (χ1) is 11.8. The second-order valence-corrected chi connectivity index (χ2v) is 44.5. The molecule has 0 spiro atoms. The van der Waals surface area contributed by atoms with Crippen molar-refractivity contribution in [1.29, 1.82) is 0 Å². The standard InChI is InChI=1S/C18H14N3.U.V.W/c1-13-12-20-17(16-9-7-14(11-19)8-10-16)18(21-13)15-5-3-2-4-6-15;;;/h1-10H,11,19H2;;;. The summed E-state index contributed by atoms with van der Waals surface area (Å²) in [7, 11) is 0.712. The number of hydrogen-bond acceptors (Lipinski definition) is 3. The monoisotopic (exact) mass is 745 g/mol. The van der Waals surface area contributed by atoms with Gasteiger partial charge in [0, 0.05) is 0 Å². The molecule has 1 aromatic heterocycles. The molecule has 1 aliphatic heterocycles. The molecule has 0 aliphatic carbocycles. The molecule has 0 amide bonds. The van der Waals surface area contributed by atoms with Gasteiger partial charge in [-0.3, -0.25) is 0 Å². The zero-order valence-electron chi connectivity index (χ0n) is 12.8. The number of aromatic nitrogens is 2. The van der Waals surface area contributed by atoms with Crippen molar-refractivity contribution in [3.05, 3.63) is 67.8 Å². The van der Waals surface area contributed by atoms with E-state index in [9.17, 15) is 0 Å². The molecule has 2 heterocycles. The molecule has 0 radical (unpaired) electrons. The van der Waals surface area contributed by atoms with Crippen LogP contribution in [-0.4, -0.2) is 9.97 Å². The van der Waals surface area contributed by atoms with Crippen molar-refractivity contribution >= 4 is 4.47 Å². The van der Waals surface area contributed by atoms with E-state index in [0.717, 1.165) is 28.1 Å². The van der Waals surface area contributed by atoms with Crippen LogP contribution in [0.1, 0.15) is 5.56 Å². The van der Waals surface area contributed by atoms with Crippen LogP contribution in [-0.2, 0) is 30.0 Å². The first-order valence-corrected chi connectivity index (χ1v) is 25.7. The van der Waals surface area contributed by atoms with E-state index >= 15 is 0 Å². The van der Waals surface area contributed by atoms with Crippen LogP contribution in [0.2, 0.25) is 0 Å². The maximum atomic E-state index is 5.73. The summed E-state index contributed by atoms with van der Waals surface area (Å²) in [5.41, 5.74) is 11.2. The van der Waals surface area contributed by atoms with E-state index in [1.165, 1.54) is 7.65 Å². The Balaban J connectivity index is 1.98. The molecule has 0 saturated heterocycles. The first-order valence-electron chi connectivity index (χ1n) is 7.57. The molecule has 0 fully saturated rings. The van der Waals surface area contributed by atoms with Crippen molar-refractivity contribution in [3.63, 3.8) is 0 Å². The van der Waals surface area contributed by atoms with Crippen molar-refractivity contribution in [2.24, 2.45) is 5.73 Å². The molecule has 0 unspecified atom stereocenters. The van der Waals surface area contributed by atoms with Gasteiger partial charge in [0.1, 0.15) is 0 Å². The molecule has 0 bridgehead atoms. The van der Waals surface area contributed by atoms with Crippen molar-refractivity contribution in [1.82, 2.24) is 9.97 Å². The summed E-state index contributed by atoms with van der Waals surface area (Å²) >= 11 is -0.970. The van der Waals surface area contributed by atoms with Crippen LogP contribution in [0.25, 0.3) is 27.0 Å². The Morgan fingerprint density at radius 1 is 0.917 bits per heavy atom. The first kappa shape index (κ1) is 17.1. The molecule has 4 rings (SSSR count). The Morgan fingerprint density at radius 2 is 1.62 bits per heavy atom. The summed E-state index contributed by atoms with van der Waals surface area (Å²) in [5.74, 6) is 0. The summed E-state index contributed by atoms with van der Waals surface area (Å²) in [6.45, 7) is 0.572. The van der Waals surface area contributed by atoms with Gasteiger partial charge in [-0.05, 0) is 0 Å². The van der Waals surface area contributed by atoms with Gasteiger partial charge < -0.3 is 0 Å². The summed E-state index contributed by atoms with van der Waals surface area (Å²) in [4.78, 5) is 10.2. The second kappa shape index (κ2) is 7.92. The summed E-state index contributed by atoms with van der Waals surface area (Å²) in [6.07, 6.45) is 0. The summed E-state index contributed by atoms with van der Waals surface area (Å²) in [6, 6.07) is 18.9. The SMILES string of the molecule is NCc1ccc(-c2n[c]3c(nc2-c2ccccc2)=[CH][W]=[V][U]=3)cc1. The van der Waals surface area contributed by atoms with Gasteiger partial charge in [0.15, 0.2) is 0 Å². The van der Waals surface area contributed by atoms with Crippen LogP contribution in [0.4, 0.5) is 0 Å². The fourth-order valence-electron chi connectivity index (χ4n) is 2.56. The quantitative estimate of drug-likeness (QED) is 0.449. The van der Waals surface area contributed by atoms with Crippen molar-refractivity contribution in [3.8, 4) is 22.5 Å². The van der Waals surface area contributed by atoms with Gasteiger partial charge in [-0.2, -0.15) is 0 Å². The van der Waals surface area contributed by atoms with Crippen LogP contribution in [0.3, 0.4) is 0 Å². The molecular formula is C18H14N3UVW. The van der Waals surface area contributed by atoms with E-state index in [4.69, 9.17) is 15.7 Å². The minimum atomic E-state index is -0.795. The molecule has 0 saturated carbocycles. The van der Waals surface area contributed by atoms with Crippen LogP contribution in [0.5, 0.6) is 0 Å². The average Bonchev–Trinajstić information content (AvgIpc) is 2.68. The molecular weight excluding hydrogens is 731 g/mol. The van der Waals surface area contributed by atoms with Gasteiger partial charge in [-0.1, -0.05) is 0 Å². The second-order valence-electron chi connectivity index (χ2n) is 5.35. The molecule has 1 aliphatic rings. The molecule has 24 heavy (non-hydrogen) atoms. The summed E-state index contributed by atoms with van der Waals surface area (Å²) < 4.78 is 3.87. The predicted molar refractivity (Wildman–Crippen MR) is 83.7 cm³/mol. The van der Waals surface area contributed by atoms with Crippen LogP contribution < -0.4 is 11.1 Å². The Labute approximate surface area is 163 Å². The zero-order chi connectivity index (χ0) is 16.4. The van der Waals surface area contributed by atoms with Gasteiger partial charge in [-0.15, -0.1) is 0 Å². The molecule has 0 atom stereocenters. The molecule has 2 N–H and O–H groups in total. The Morgan fingerprint density at radius 3 is 2.38 bits per heavy atom. The third-order valence-electron chi connectivity index (χ3n) is 3.80. The predicted octanol–water partition coefficient (Wildman–Crippen LogP) is 2.35. The maximum absolute atomic E-state index is 5.73. The third kappa shape index (κ3) is 3.61. The number of fused-ring (bicyclic) bond motifs is 1. The molecule has 3 nitrogen and oxygen atoms in total. The van der Waals surface area contributed by atoms with E-state index in [-0.39, 0.29) is 15.6 Å². The van der Waals surface area contributed by atoms with Crippen molar-refractivity contribution in [2.45, 2.75) is 6.54 Å². The molecule has 6 heteroatoms. The van der Waals surface area contributed by atoms with E-state index in [1.54, 1.807) is 0 Å². The number of nitrogens with zero attached hydrogens (tertiary/aromatic N) is 2. The van der Waals surface area contributed by atoms with Crippen LogP contribution in [0.15, 0.2) is 54.6 Å². The number of benzene rings is 2. The Bertz CT molecular complexity index is 1030. The van der Waals surface area contributed by atoms with E-state index < -0.39 is 24.2 Å². The van der Waals surface area contributed by atoms with E-state index in [0.29, 0.717) is 14.5 Å². The van der Waals surface area contributed by atoms with Gasteiger partial charge in [0.25, 0.3) is 0 Å². The number of rotatable bonds is 3. The van der Waals surface area contributed by atoms with Crippen molar-refractivity contribution < 1.29 is 47.7 Å². The van der Waals surface area contributed by atoms with E-state index in [1.807, 2.05) is 6.07 Å². The molecule has 2 aromatic carbocycles.